The van der Waals surface area contributed by atoms with Crippen molar-refractivity contribution in [2.75, 3.05) is 13.3 Å². The molecule has 0 amide bonds. The second-order valence-corrected chi connectivity index (χ2v) is 6.33. The molecule has 1 atom stereocenters. The molecular weight excluding hydrogens is 207 g/mol. The lowest BCUT2D eigenvalue weighted by Crippen LogP contribution is -2.05. The Balaban J connectivity index is 1.89. The lowest BCUT2D eigenvalue weighted by molar-refractivity contribution is 0.329. The van der Waals surface area contributed by atoms with E-state index in [0.717, 1.165) is 18.5 Å². The van der Waals surface area contributed by atoms with Crippen molar-refractivity contribution in [2.24, 2.45) is 5.92 Å². The molecule has 0 aromatic heterocycles. The minimum atomic E-state index is -1.68. The second-order valence-electron chi connectivity index (χ2n) is 4.68. The van der Waals surface area contributed by atoms with E-state index in [4.69, 9.17) is 4.52 Å². The smallest absolute Gasteiger partial charge is 0.191 e. The number of hydrogen-bond donors (Lipinski definition) is 0. The quantitative estimate of drug-likeness (QED) is 0.484. The first-order valence-corrected chi connectivity index (χ1v) is 7.92. The highest BCUT2D eigenvalue weighted by atomic mass is 31.1. The molecule has 1 unspecified atom stereocenters. The molecule has 0 N–H and O–H groups in total. The van der Waals surface area contributed by atoms with Gasteiger partial charge in [0.25, 0.3) is 0 Å². The third kappa shape index (κ3) is 6.37. The maximum Gasteiger partial charge on any atom is 0.191 e. The summed E-state index contributed by atoms with van der Waals surface area (Å²) in [6.07, 6.45) is 13.1. The van der Waals surface area contributed by atoms with Crippen LogP contribution in [-0.4, -0.2) is 13.3 Å². The van der Waals surface area contributed by atoms with Gasteiger partial charge in [-0.05, 0) is 12.3 Å². The third-order valence-corrected chi connectivity index (χ3v) is 4.66. The van der Waals surface area contributed by atoms with Crippen LogP contribution in [0.4, 0.5) is 0 Å². The van der Waals surface area contributed by atoms with Crippen molar-refractivity contribution in [1.82, 2.24) is 0 Å². The van der Waals surface area contributed by atoms with E-state index >= 15 is 0 Å². The Morgan fingerprint density at radius 1 is 1.13 bits per heavy atom. The normalized spacial score (nSPS) is 20.3. The van der Waals surface area contributed by atoms with Crippen LogP contribution in [0.1, 0.15) is 57.8 Å². The maximum atomic E-state index is 11.0. The van der Waals surface area contributed by atoms with E-state index < -0.39 is 8.03 Å². The molecule has 3 heteroatoms. The zero-order valence-corrected chi connectivity index (χ0v) is 11.0. The summed E-state index contributed by atoms with van der Waals surface area (Å²) >= 11 is 0. The highest BCUT2D eigenvalue weighted by Gasteiger charge is 2.12. The summed E-state index contributed by atoms with van der Waals surface area (Å²) in [5, 5.41) is 0. The largest absolute Gasteiger partial charge is 0.334 e. The molecule has 1 saturated carbocycles. The lowest BCUT2D eigenvalue weighted by atomic mass is 9.86. The summed E-state index contributed by atoms with van der Waals surface area (Å²) in [5.74, 6) is 0.998. The molecule has 2 nitrogen and oxygen atoms in total. The van der Waals surface area contributed by atoms with Gasteiger partial charge in [-0.3, -0.25) is 4.57 Å². The van der Waals surface area contributed by atoms with E-state index in [1.807, 2.05) is 0 Å². The Morgan fingerprint density at radius 3 is 2.53 bits per heavy atom. The molecule has 1 rings (SSSR count). The summed E-state index contributed by atoms with van der Waals surface area (Å²) in [7, 11) is -0.139. The third-order valence-electron chi connectivity index (χ3n) is 3.45. The minimum absolute atomic E-state index is 0.784. The van der Waals surface area contributed by atoms with Gasteiger partial charge >= 0.3 is 0 Å². The van der Waals surface area contributed by atoms with E-state index in [1.165, 1.54) is 51.4 Å². The van der Waals surface area contributed by atoms with Gasteiger partial charge in [0.05, 0.1) is 0 Å². The summed E-state index contributed by atoms with van der Waals surface area (Å²) < 4.78 is 15.8. The first-order chi connectivity index (χ1) is 7.33. The highest BCUT2D eigenvalue weighted by molar-refractivity contribution is 7.39. The van der Waals surface area contributed by atoms with Crippen LogP contribution in [0.25, 0.3) is 0 Å². The predicted molar refractivity (Wildman–Crippen MR) is 65.9 cm³/mol. The molecule has 0 aliphatic heterocycles. The molecule has 0 aromatic carbocycles. The Labute approximate surface area is 94.7 Å². The monoisotopic (exact) mass is 232 g/mol. The molecule has 1 fully saturated rings. The van der Waals surface area contributed by atoms with Gasteiger partial charge in [0.2, 0.25) is 0 Å². The molecule has 0 bridgehead atoms. The van der Waals surface area contributed by atoms with Crippen molar-refractivity contribution in [2.45, 2.75) is 57.8 Å². The predicted octanol–water partition coefficient (Wildman–Crippen LogP) is 4.25. The van der Waals surface area contributed by atoms with E-state index in [2.05, 4.69) is 0 Å². The molecule has 15 heavy (non-hydrogen) atoms. The Bertz CT molecular complexity index is 176. The summed E-state index contributed by atoms with van der Waals surface area (Å²) in [6.45, 7) is 0. The maximum absolute atomic E-state index is 11.0. The van der Waals surface area contributed by atoms with Gasteiger partial charge in [0, 0.05) is 13.3 Å². The van der Waals surface area contributed by atoms with Crippen LogP contribution in [0.3, 0.4) is 0 Å². The molecule has 0 spiro atoms. The Morgan fingerprint density at radius 2 is 1.87 bits per heavy atom. The van der Waals surface area contributed by atoms with Crippen LogP contribution in [0, 0.1) is 5.92 Å². The molecular formula is C12H25O2P. The van der Waals surface area contributed by atoms with Gasteiger partial charge in [0.1, 0.15) is 0 Å². The summed E-state index contributed by atoms with van der Waals surface area (Å²) in [5.41, 5.74) is 0. The van der Waals surface area contributed by atoms with Gasteiger partial charge in [-0.15, -0.1) is 0 Å². The van der Waals surface area contributed by atoms with Crippen molar-refractivity contribution in [3.8, 4) is 0 Å². The zero-order valence-electron chi connectivity index (χ0n) is 9.96. The van der Waals surface area contributed by atoms with Gasteiger partial charge in [0.15, 0.2) is 8.03 Å². The number of rotatable bonds is 7. The fourth-order valence-corrected chi connectivity index (χ4v) is 3.20. The van der Waals surface area contributed by atoms with E-state index in [9.17, 15) is 4.57 Å². The Kier molecular flexibility index (Phi) is 7.38. The van der Waals surface area contributed by atoms with Crippen molar-refractivity contribution in [1.29, 1.82) is 0 Å². The van der Waals surface area contributed by atoms with E-state index in [-0.39, 0.29) is 0 Å². The van der Waals surface area contributed by atoms with Crippen LogP contribution in [-0.2, 0) is 9.09 Å². The molecule has 0 radical (unpaired) electrons. The average Bonchev–Trinajstić information content (AvgIpc) is 2.29. The van der Waals surface area contributed by atoms with Crippen LogP contribution in [0.5, 0.6) is 0 Å². The number of unbranched alkanes of at least 4 members (excludes halogenated alkanes) is 2. The topological polar surface area (TPSA) is 26.3 Å². The van der Waals surface area contributed by atoms with Crippen molar-refractivity contribution < 1.29 is 9.09 Å². The standard InChI is InChI=1S/C12H25O2P/c1-14-15(13)11-7-3-6-10-12-8-4-2-5-9-12/h12,15H,2-11H2,1H3. The lowest BCUT2D eigenvalue weighted by Gasteiger charge is -2.21. The molecule has 0 heterocycles. The van der Waals surface area contributed by atoms with E-state index in [1.54, 1.807) is 7.11 Å². The summed E-state index contributed by atoms with van der Waals surface area (Å²) in [6, 6.07) is 0. The first kappa shape index (κ1) is 13.3. The van der Waals surface area contributed by atoms with Gasteiger partial charge in [-0.2, -0.15) is 0 Å². The molecule has 0 saturated heterocycles. The van der Waals surface area contributed by atoms with Gasteiger partial charge in [-0.25, -0.2) is 0 Å². The fraction of sp³-hybridized carbons (Fsp3) is 1.00. The highest BCUT2D eigenvalue weighted by Crippen LogP contribution is 2.28. The van der Waals surface area contributed by atoms with Crippen LogP contribution in [0.15, 0.2) is 0 Å². The molecule has 0 aromatic rings. The second kappa shape index (κ2) is 8.35. The minimum Gasteiger partial charge on any atom is -0.334 e. The first-order valence-electron chi connectivity index (χ1n) is 6.39. The number of hydrogen-bond acceptors (Lipinski definition) is 2. The van der Waals surface area contributed by atoms with Crippen LogP contribution >= 0.6 is 8.03 Å². The van der Waals surface area contributed by atoms with E-state index in [0.29, 0.717) is 0 Å². The molecule has 1 aliphatic carbocycles. The fourth-order valence-electron chi connectivity index (χ4n) is 2.46. The van der Waals surface area contributed by atoms with Crippen LogP contribution < -0.4 is 0 Å². The van der Waals surface area contributed by atoms with Crippen LogP contribution in [0.2, 0.25) is 0 Å². The zero-order chi connectivity index (χ0) is 10.9. The summed E-state index contributed by atoms with van der Waals surface area (Å²) in [4.78, 5) is 0. The van der Waals surface area contributed by atoms with Gasteiger partial charge < -0.3 is 4.52 Å². The average molecular weight is 232 g/mol. The van der Waals surface area contributed by atoms with Crippen molar-refractivity contribution in [3.05, 3.63) is 0 Å². The molecule has 1 aliphatic rings. The van der Waals surface area contributed by atoms with Gasteiger partial charge in [-0.1, -0.05) is 51.4 Å². The molecule has 90 valence electrons. The SMILES string of the molecule is CO[PH](=O)CCCCCC1CCCCC1. The van der Waals surface area contributed by atoms with Crippen molar-refractivity contribution in [3.63, 3.8) is 0 Å². The van der Waals surface area contributed by atoms with Crippen molar-refractivity contribution >= 4 is 8.03 Å². The Hall–Kier alpha value is 0.190.